The normalized spacial score (nSPS) is 11.0. The van der Waals surface area contributed by atoms with Gasteiger partial charge in [0.1, 0.15) is 5.75 Å². The fourth-order valence-electron chi connectivity index (χ4n) is 2.09. The van der Waals surface area contributed by atoms with E-state index in [-0.39, 0.29) is 36.4 Å². The first-order valence-electron chi connectivity index (χ1n) is 9.01. The second-order valence-corrected chi connectivity index (χ2v) is 6.49. The van der Waals surface area contributed by atoms with Gasteiger partial charge in [0.05, 0.1) is 19.7 Å². The monoisotopic (exact) mass is 491 g/mol. The van der Waals surface area contributed by atoms with Crippen LogP contribution in [0.1, 0.15) is 18.9 Å². The third-order valence-corrected chi connectivity index (χ3v) is 3.61. The first-order chi connectivity index (χ1) is 12.4. The SMILES string of the molecule is CCNC(=NCc1ccc(OCCCN(C)C)cc1)NCC(=O)N(C)C.I. The summed E-state index contributed by atoms with van der Waals surface area (Å²) >= 11 is 0. The second kappa shape index (κ2) is 14.5. The molecule has 27 heavy (non-hydrogen) atoms. The molecule has 1 aromatic carbocycles. The Morgan fingerprint density at radius 1 is 1.11 bits per heavy atom. The molecule has 7 nitrogen and oxygen atoms in total. The van der Waals surface area contributed by atoms with Crippen molar-refractivity contribution in [1.82, 2.24) is 20.4 Å². The largest absolute Gasteiger partial charge is 0.494 e. The van der Waals surface area contributed by atoms with E-state index in [4.69, 9.17) is 4.74 Å². The summed E-state index contributed by atoms with van der Waals surface area (Å²) in [5, 5.41) is 6.19. The van der Waals surface area contributed by atoms with Gasteiger partial charge in [-0.2, -0.15) is 0 Å². The van der Waals surface area contributed by atoms with Crippen LogP contribution in [0.3, 0.4) is 0 Å². The molecule has 0 spiro atoms. The summed E-state index contributed by atoms with van der Waals surface area (Å²) in [7, 11) is 7.58. The molecular formula is C19H34IN5O2. The summed E-state index contributed by atoms with van der Waals surface area (Å²) in [6.07, 6.45) is 1.00. The number of benzene rings is 1. The lowest BCUT2D eigenvalue weighted by Gasteiger charge is -2.14. The quantitative estimate of drug-likeness (QED) is 0.226. The van der Waals surface area contributed by atoms with Crippen LogP contribution >= 0.6 is 24.0 Å². The van der Waals surface area contributed by atoms with E-state index < -0.39 is 0 Å². The fourth-order valence-corrected chi connectivity index (χ4v) is 2.09. The number of hydrogen-bond acceptors (Lipinski definition) is 4. The Morgan fingerprint density at radius 2 is 1.78 bits per heavy atom. The van der Waals surface area contributed by atoms with Crippen molar-refractivity contribution in [3.63, 3.8) is 0 Å². The summed E-state index contributed by atoms with van der Waals surface area (Å²) < 4.78 is 5.73. The molecule has 0 fully saturated rings. The van der Waals surface area contributed by atoms with Gasteiger partial charge >= 0.3 is 0 Å². The number of carbonyl (C=O) groups is 1. The predicted molar refractivity (Wildman–Crippen MR) is 122 cm³/mol. The van der Waals surface area contributed by atoms with Gasteiger partial charge < -0.3 is 25.2 Å². The molecule has 0 radical (unpaired) electrons. The van der Waals surface area contributed by atoms with Crippen LogP contribution < -0.4 is 15.4 Å². The number of guanidine groups is 1. The highest BCUT2D eigenvalue weighted by Crippen LogP contribution is 2.13. The lowest BCUT2D eigenvalue weighted by Crippen LogP contribution is -2.42. The van der Waals surface area contributed by atoms with Gasteiger partial charge in [-0.3, -0.25) is 4.79 Å². The van der Waals surface area contributed by atoms with Gasteiger partial charge in [-0.05, 0) is 45.1 Å². The molecule has 154 valence electrons. The molecule has 0 aliphatic heterocycles. The van der Waals surface area contributed by atoms with Crippen molar-refractivity contribution >= 4 is 35.8 Å². The van der Waals surface area contributed by atoms with Crippen LogP contribution in [0.25, 0.3) is 0 Å². The summed E-state index contributed by atoms with van der Waals surface area (Å²) in [5.41, 5.74) is 1.08. The Balaban J connectivity index is 0.00000676. The van der Waals surface area contributed by atoms with Gasteiger partial charge in [0.15, 0.2) is 5.96 Å². The molecule has 1 amide bonds. The Hall–Kier alpha value is -1.55. The zero-order chi connectivity index (χ0) is 19.4. The standard InChI is InChI=1S/C19H33N5O2.HI/c1-6-20-19(22-15-18(25)24(4)5)21-14-16-8-10-17(11-9-16)26-13-7-12-23(2)3;/h8-11H,6-7,12-15H2,1-5H3,(H2,20,21,22);1H. The average molecular weight is 491 g/mol. The van der Waals surface area contributed by atoms with Gasteiger partial charge in [-0.1, -0.05) is 12.1 Å². The molecule has 0 aliphatic rings. The van der Waals surface area contributed by atoms with Crippen LogP contribution in [-0.2, 0) is 11.3 Å². The minimum atomic E-state index is 0. The smallest absolute Gasteiger partial charge is 0.241 e. The van der Waals surface area contributed by atoms with E-state index in [2.05, 4.69) is 34.6 Å². The van der Waals surface area contributed by atoms with E-state index in [1.165, 1.54) is 0 Å². The van der Waals surface area contributed by atoms with Crippen molar-refractivity contribution in [3.8, 4) is 5.75 Å². The molecule has 1 rings (SSSR count). The van der Waals surface area contributed by atoms with E-state index in [9.17, 15) is 4.79 Å². The Labute approximate surface area is 180 Å². The maximum absolute atomic E-state index is 11.7. The lowest BCUT2D eigenvalue weighted by atomic mass is 10.2. The highest BCUT2D eigenvalue weighted by atomic mass is 127. The third-order valence-electron chi connectivity index (χ3n) is 3.61. The summed E-state index contributed by atoms with van der Waals surface area (Å²) in [6.45, 7) is 5.22. The van der Waals surface area contributed by atoms with Gasteiger partial charge in [0.2, 0.25) is 5.91 Å². The number of amides is 1. The van der Waals surface area contributed by atoms with Gasteiger partial charge in [0, 0.05) is 27.2 Å². The van der Waals surface area contributed by atoms with Crippen LogP contribution in [0, 0.1) is 0 Å². The number of hydrogen-bond donors (Lipinski definition) is 2. The van der Waals surface area contributed by atoms with E-state index >= 15 is 0 Å². The maximum Gasteiger partial charge on any atom is 0.241 e. The number of nitrogens with zero attached hydrogens (tertiary/aromatic N) is 3. The first-order valence-corrected chi connectivity index (χ1v) is 9.01. The zero-order valence-corrected chi connectivity index (χ0v) is 19.4. The first kappa shape index (κ1) is 25.4. The third kappa shape index (κ3) is 11.7. The molecule has 0 aromatic heterocycles. The number of ether oxygens (including phenoxy) is 1. The molecule has 0 saturated heterocycles. The van der Waals surface area contributed by atoms with Crippen molar-refractivity contribution in [2.45, 2.75) is 19.9 Å². The minimum absolute atomic E-state index is 0. The molecule has 0 heterocycles. The van der Waals surface area contributed by atoms with Gasteiger partial charge in [-0.25, -0.2) is 4.99 Å². The number of carbonyl (C=O) groups excluding carboxylic acids is 1. The summed E-state index contributed by atoms with van der Waals surface area (Å²) in [4.78, 5) is 19.9. The molecule has 8 heteroatoms. The van der Waals surface area contributed by atoms with Gasteiger partial charge in [-0.15, -0.1) is 24.0 Å². The van der Waals surface area contributed by atoms with Crippen molar-refractivity contribution < 1.29 is 9.53 Å². The number of nitrogens with one attached hydrogen (secondary N) is 2. The highest BCUT2D eigenvalue weighted by molar-refractivity contribution is 14.0. The van der Waals surface area contributed by atoms with Gasteiger partial charge in [0.25, 0.3) is 0 Å². The van der Waals surface area contributed by atoms with Crippen molar-refractivity contribution in [2.24, 2.45) is 4.99 Å². The summed E-state index contributed by atoms with van der Waals surface area (Å²) in [5.74, 6) is 1.51. The van der Waals surface area contributed by atoms with Crippen LogP contribution in [0.5, 0.6) is 5.75 Å². The molecule has 0 atom stereocenters. The van der Waals surface area contributed by atoms with Crippen molar-refractivity contribution in [2.75, 3.05) is 54.4 Å². The average Bonchev–Trinajstić information content (AvgIpc) is 2.61. The number of rotatable bonds is 10. The van der Waals surface area contributed by atoms with E-state index in [1.54, 1.807) is 19.0 Å². The topological polar surface area (TPSA) is 69.2 Å². The van der Waals surface area contributed by atoms with E-state index in [0.29, 0.717) is 19.1 Å². The molecule has 0 unspecified atom stereocenters. The molecule has 0 bridgehead atoms. The lowest BCUT2D eigenvalue weighted by molar-refractivity contribution is -0.127. The Morgan fingerprint density at radius 3 is 2.33 bits per heavy atom. The second-order valence-electron chi connectivity index (χ2n) is 6.49. The highest BCUT2D eigenvalue weighted by Gasteiger charge is 2.05. The Kier molecular flexibility index (Phi) is 13.7. The van der Waals surface area contributed by atoms with Crippen LogP contribution in [-0.4, -0.2) is 76.1 Å². The summed E-state index contributed by atoms with van der Waals surface area (Å²) in [6, 6.07) is 7.96. The number of halogens is 1. The molecular weight excluding hydrogens is 457 g/mol. The fraction of sp³-hybridized carbons (Fsp3) is 0.579. The van der Waals surface area contributed by atoms with Crippen LogP contribution in [0.4, 0.5) is 0 Å². The van der Waals surface area contributed by atoms with Crippen molar-refractivity contribution in [3.05, 3.63) is 29.8 Å². The molecule has 1 aromatic rings. The van der Waals surface area contributed by atoms with Crippen LogP contribution in [0.2, 0.25) is 0 Å². The molecule has 0 aliphatic carbocycles. The maximum atomic E-state index is 11.7. The van der Waals surface area contributed by atoms with E-state index in [1.807, 2.05) is 31.2 Å². The molecule has 2 N–H and O–H groups in total. The predicted octanol–water partition coefficient (Wildman–Crippen LogP) is 1.78. The van der Waals surface area contributed by atoms with Crippen LogP contribution in [0.15, 0.2) is 29.3 Å². The van der Waals surface area contributed by atoms with Crippen molar-refractivity contribution in [1.29, 1.82) is 0 Å². The Bertz CT molecular complexity index is 562. The molecule has 0 saturated carbocycles. The van der Waals surface area contributed by atoms with E-state index in [0.717, 1.165) is 30.8 Å². The zero-order valence-electron chi connectivity index (χ0n) is 17.1. The minimum Gasteiger partial charge on any atom is -0.494 e. The number of aliphatic imine (C=N–C) groups is 1. The number of likely N-dealkylation sites (N-methyl/N-ethyl adjacent to an activating group) is 1.